The van der Waals surface area contributed by atoms with Crippen LogP contribution in [0.1, 0.15) is 59.9 Å². The third kappa shape index (κ3) is 4.18. The maximum absolute atomic E-state index is 12.9. The molecule has 0 aliphatic carbocycles. The van der Waals surface area contributed by atoms with Crippen molar-refractivity contribution >= 4 is 23.2 Å². The minimum absolute atomic E-state index is 0.0662. The smallest absolute Gasteiger partial charge is 0.287 e. The van der Waals surface area contributed by atoms with E-state index in [1.54, 1.807) is 0 Å². The lowest BCUT2D eigenvalue weighted by Crippen LogP contribution is -2.34. The summed E-state index contributed by atoms with van der Waals surface area (Å²) in [5.41, 5.74) is 2.97. The molecule has 0 bridgehead atoms. The zero-order valence-electron chi connectivity index (χ0n) is 17.1. The molecule has 7 nitrogen and oxygen atoms in total. The van der Waals surface area contributed by atoms with Crippen LogP contribution in [0, 0.1) is 0 Å². The lowest BCUT2D eigenvalue weighted by Gasteiger charge is -2.18. The minimum Gasteiger partial charge on any atom is -0.378 e. The standard InChI is InChI=1S/C21H29N5O2/c1-5-14(2)22-21(28)19-24-18(17-8-6-7-13-26(17)19)20(27)23-15-9-11-16(12-10-15)25(3)4/h9-12,14H,5-8,13H2,1-4H3,(H,22,28)(H,23,27). The van der Waals surface area contributed by atoms with Gasteiger partial charge in [0.1, 0.15) is 0 Å². The highest BCUT2D eigenvalue weighted by Crippen LogP contribution is 2.23. The van der Waals surface area contributed by atoms with Gasteiger partial charge in [0.2, 0.25) is 0 Å². The summed E-state index contributed by atoms with van der Waals surface area (Å²) in [7, 11) is 3.94. The Hall–Kier alpha value is -2.83. The largest absolute Gasteiger partial charge is 0.378 e. The Bertz CT molecular complexity index is 854. The number of aromatic nitrogens is 2. The summed E-state index contributed by atoms with van der Waals surface area (Å²) in [6, 6.07) is 7.70. The molecule has 0 spiro atoms. The van der Waals surface area contributed by atoms with Crippen molar-refractivity contribution in [1.82, 2.24) is 14.9 Å². The van der Waals surface area contributed by atoms with E-state index in [9.17, 15) is 9.59 Å². The second kappa shape index (κ2) is 8.46. The maximum atomic E-state index is 12.9. The first-order chi connectivity index (χ1) is 13.4. The van der Waals surface area contributed by atoms with E-state index in [4.69, 9.17) is 0 Å². The van der Waals surface area contributed by atoms with E-state index >= 15 is 0 Å². The number of hydrogen-bond donors (Lipinski definition) is 2. The molecule has 0 radical (unpaired) electrons. The number of rotatable bonds is 6. The number of carbonyl (C=O) groups is 2. The van der Waals surface area contributed by atoms with E-state index in [0.29, 0.717) is 17.2 Å². The molecule has 1 aliphatic rings. The Labute approximate surface area is 166 Å². The number of nitrogens with zero attached hydrogens (tertiary/aromatic N) is 3. The van der Waals surface area contributed by atoms with Crippen LogP contribution in [0.25, 0.3) is 0 Å². The van der Waals surface area contributed by atoms with Crippen molar-refractivity contribution < 1.29 is 9.59 Å². The van der Waals surface area contributed by atoms with E-state index in [-0.39, 0.29) is 17.9 Å². The highest BCUT2D eigenvalue weighted by Gasteiger charge is 2.27. The Morgan fingerprint density at radius 2 is 1.89 bits per heavy atom. The van der Waals surface area contributed by atoms with Crippen LogP contribution < -0.4 is 15.5 Å². The molecule has 2 N–H and O–H groups in total. The molecular formula is C21H29N5O2. The van der Waals surface area contributed by atoms with Gasteiger partial charge in [-0.1, -0.05) is 6.92 Å². The van der Waals surface area contributed by atoms with Crippen LogP contribution in [-0.2, 0) is 13.0 Å². The molecule has 28 heavy (non-hydrogen) atoms. The Morgan fingerprint density at radius 1 is 1.18 bits per heavy atom. The molecule has 2 aromatic rings. The van der Waals surface area contributed by atoms with Crippen LogP contribution in [0.4, 0.5) is 11.4 Å². The number of hydrogen-bond acceptors (Lipinski definition) is 4. The van der Waals surface area contributed by atoms with Crippen LogP contribution >= 0.6 is 0 Å². The zero-order chi connectivity index (χ0) is 20.3. The Balaban J connectivity index is 1.84. The molecule has 1 aliphatic heterocycles. The summed E-state index contributed by atoms with van der Waals surface area (Å²) in [5.74, 6) is -0.152. The Morgan fingerprint density at radius 3 is 2.54 bits per heavy atom. The number of amides is 2. The fraction of sp³-hybridized carbons (Fsp3) is 0.476. The van der Waals surface area contributed by atoms with Gasteiger partial charge in [-0.05, 0) is 56.9 Å². The average Bonchev–Trinajstić information content (AvgIpc) is 3.08. The van der Waals surface area contributed by atoms with Crippen LogP contribution in [0.2, 0.25) is 0 Å². The van der Waals surface area contributed by atoms with E-state index in [0.717, 1.165) is 43.6 Å². The zero-order valence-corrected chi connectivity index (χ0v) is 17.1. The van der Waals surface area contributed by atoms with E-state index in [1.807, 2.05) is 61.7 Å². The van der Waals surface area contributed by atoms with Gasteiger partial charge in [0.25, 0.3) is 11.8 Å². The summed E-state index contributed by atoms with van der Waals surface area (Å²) in [4.78, 5) is 32.0. The normalized spacial score (nSPS) is 14.1. The van der Waals surface area contributed by atoms with Gasteiger partial charge >= 0.3 is 0 Å². The van der Waals surface area contributed by atoms with Gasteiger partial charge in [0.05, 0.1) is 5.69 Å². The van der Waals surface area contributed by atoms with Crippen molar-refractivity contribution in [3.8, 4) is 0 Å². The van der Waals surface area contributed by atoms with Crippen molar-refractivity contribution in [2.45, 2.75) is 52.1 Å². The quantitative estimate of drug-likeness (QED) is 0.803. The fourth-order valence-corrected chi connectivity index (χ4v) is 3.32. The topological polar surface area (TPSA) is 79.3 Å². The molecule has 2 heterocycles. The predicted octanol–water partition coefficient (Wildman–Crippen LogP) is 3.07. The summed E-state index contributed by atoms with van der Waals surface area (Å²) < 4.78 is 1.91. The molecule has 1 aromatic heterocycles. The number of benzene rings is 1. The van der Waals surface area contributed by atoms with Gasteiger partial charge in [-0.3, -0.25) is 9.59 Å². The molecule has 1 unspecified atom stereocenters. The average molecular weight is 383 g/mol. The summed E-state index contributed by atoms with van der Waals surface area (Å²) in [6.45, 7) is 4.70. The van der Waals surface area contributed by atoms with Gasteiger partial charge in [-0.2, -0.15) is 0 Å². The highest BCUT2D eigenvalue weighted by molar-refractivity contribution is 6.05. The van der Waals surface area contributed by atoms with Gasteiger partial charge in [-0.25, -0.2) is 4.98 Å². The monoisotopic (exact) mass is 383 g/mol. The molecule has 1 aromatic carbocycles. The summed E-state index contributed by atoms with van der Waals surface area (Å²) >= 11 is 0. The molecule has 150 valence electrons. The Kier molecular flexibility index (Phi) is 6.02. The third-order valence-corrected chi connectivity index (χ3v) is 5.17. The highest BCUT2D eigenvalue weighted by atomic mass is 16.2. The molecule has 0 saturated carbocycles. The van der Waals surface area contributed by atoms with Crippen LogP contribution in [-0.4, -0.2) is 41.5 Å². The van der Waals surface area contributed by atoms with Crippen LogP contribution in [0.15, 0.2) is 24.3 Å². The molecule has 0 fully saturated rings. The van der Waals surface area contributed by atoms with Crippen molar-refractivity contribution in [3.05, 3.63) is 41.5 Å². The lowest BCUT2D eigenvalue weighted by molar-refractivity contribution is 0.0923. The van der Waals surface area contributed by atoms with Gasteiger partial charge < -0.3 is 20.1 Å². The molecule has 0 saturated heterocycles. The number of imidazole rings is 1. The SMILES string of the molecule is CCC(C)NC(=O)c1nc(C(=O)Nc2ccc(N(C)C)cc2)c2n1CCCC2. The number of anilines is 2. The molecule has 3 rings (SSSR count). The summed E-state index contributed by atoms with van der Waals surface area (Å²) in [5, 5.41) is 5.87. The number of fused-ring (bicyclic) bond motifs is 1. The molecule has 1 atom stereocenters. The molecular weight excluding hydrogens is 354 g/mol. The first kappa shape index (κ1) is 19.9. The van der Waals surface area contributed by atoms with Crippen LogP contribution in [0.3, 0.4) is 0 Å². The van der Waals surface area contributed by atoms with Crippen molar-refractivity contribution in [2.24, 2.45) is 0 Å². The third-order valence-electron chi connectivity index (χ3n) is 5.17. The molecule has 7 heteroatoms. The number of nitrogens with one attached hydrogen (secondary N) is 2. The maximum Gasteiger partial charge on any atom is 0.287 e. The predicted molar refractivity (Wildman–Crippen MR) is 111 cm³/mol. The lowest BCUT2D eigenvalue weighted by atomic mass is 10.1. The van der Waals surface area contributed by atoms with Crippen molar-refractivity contribution in [2.75, 3.05) is 24.3 Å². The van der Waals surface area contributed by atoms with E-state index in [2.05, 4.69) is 15.6 Å². The van der Waals surface area contributed by atoms with Crippen molar-refractivity contribution in [1.29, 1.82) is 0 Å². The van der Waals surface area contributed by atoms with Crippen LogP contribution in [0.5, 0.6) is 0 Å². The second-order valence-corrected chi connectivity index (χ2v) is 7.52. The second-order valence-electron chi connectivity index (χ2n) is 7.52. The van der Waals surface area contributed by atoms with E-state index < -0.39 is 0 Å². The van der Waals surface area contributed by atoms with Gasteiger partial charge in [0.15, 0.2) is 11.5 Å². The van der Waals surface area contributed by atoms with E-state index in [1.165, 1.54) is 0 Å². The molecule has 2 amide bonds. The van der Waals surface area contributed by atoms with Gasteiger partial charge in [-0.15, -0.1) is 0 Å². The summed E-state index contributed by atoms with van der Waals surface area (Å²) in [6.07, 6.45) is 3.58. The number of carbonyl (C=O) groups excluding carboxylic acids is 2. The first-order valence-electron chi connectivity index (χ1n) is 9.89. The first-order valence-corrected chi connectivity index (χ1v) is 9.89. The fourth-order valence-electron chi connectivity index (χ4n) is 3.32. The minimum atomic E-state index is -0.272. The van der Waals surface area contributed by atoms with Gasteiger partial charge in [0, 0.05) is 38.1 Å². The van der Waals surface area contributed by atoms with Crippen molar-refractivity contribution in [3.63, 3.8) is 0 Å².